The molecule has 0 fully saturated rings. The zero-order valence-corrected chi connectivity index (χ0v) is 15.5. The van der Waals surface area contributed by atoms with Gasteiger partial charge in [-0.1, -0.05) is 30.3 Å². The molecule has 0 saturated carbocycles. The molecular weight excluding hydrogens is 372 g/mol. The lowest BCUT2D eigenvalue weighted by Gasteiger charge is -2.24. The van der Waals surface area contributed by atoms with E-state index < -0.39 is 5.92 Å². The summed E-state index contributed by atoms with van der Waals surface area (Å²) >= 11 is 0. The van der Waals surface area contributed by atoms with E-state index in [1.807, 2.05) is 30.3 Å². The Kier molecular flexibility index (Phi) is 3.98. The molecule has 4 aromatic rings. The van der Waals surface area contributed by atoms with Crippen molar-refractivity contribution in [1.82, 2.24) is 0 Å². The largest absolute Gasteiger partial charge is 0.496 e. The fourth-order valence-electron chi connectivity index (χ4n) is 3.78. The zero-order valence-electron chi connectivity index (χ0n) is 15.5. The second-order valence-corrected chi connectivity index (χ2v) is 6.78. The van der Waals surface area contributed by atoms with Crippen LogP contribution in [0.2, 0.25) is 0 Å². The molecule has 0 spiro atoms. The van der Waals surface area contributed by atoms with Gasteiger partial charge in [0.05, 0.1) is 25.7 Å². The highest BCUT2D eigenvalue weighted by Crippen LogP contribution is 2.46. The van der Waals surface area contributed by atoms with E-state index >= 15 is 0 Å². The zero-order chi connectivity index (χ0) is 20.0. The quantitative estimate of drug-likeness (QED) is 0.380. The number of methoxy groups -OCH3 is 1. The van der Waals surface area contributed by atoms with Crippen molar-refractivity contribution in [2.45, 2.75) is 12.3 Å². The molecule has 5 rings (SSSR count). The van der Waals surface area contributed by atoms with Crippen molar-refractivity contribution in [2.75, 3.05) is 7.11 Å². The lowest BCUT2D eigenvalue weighted by atomic mass is 9.88. The maximum Gasteiger partial charge on any atom is 0.312 e. The second-order valence-electron chi connectivity index (χ2n) is 6.78. The van der Waals surface area contributed by atoms with Crippen LogP contribution in [0, 0.1) is 0 Å². The number of fused-ring (bicyclic) bond motifs is 3. The Morgan fingerprint density at radius 1 is 1.03 bits per heavy atom. The summed E-state index contributed by atoms with van der Waals surface area (Å²) in [4.78, 5) is 25.3. The molecule has 1 aliphatic heterocycles. The van der Waals surface area contributed by atoms with Gasteiger partial charge < -0.3 is 18.3 Å². The van der Waals surface area contributed by atoms with E-state index in [1.165, 1.54) is 13.2 Å². The van der Waals surface area contributed by atoms with Crippen molar-refractivity contribution in [1.29, 1.82) is 0 Å². The van der Waals surface area contributed by atoms with Gasteiger partial charge in [0, 0.05) is 23.3 Å². The predicted molar refractivity (Wildman–Crippen MR) is 105 cm³/mol. The molecule has 0 aliphatic carbocycles. The standard InChI is InChI=1S/C23H16O6/c1-26-18-12-19-21(14(10-20(25)28-19)16-8-5-9-27-16)23-22(18)15(24)11-17(29-23)13-6-3-2-4-7-13/h2-9,11-12,14H,10H2,1H3. The van der Waals surface area contributed by atoms with Crippen molar-refractivity contribution < 1.29 is 23.1 Å². The maximum atomic E-state index is 13.0. The first-order valence-corrected chi connectivity index (χ1v) is 9.14. The molecular formula is C23H16O6. The number of ether oxygens (including phenoxy) is 2. The third-order valence-corrected chi connectivity index (χ3v) is 5.07. The summed E-state index contributed by atoms with van der Waals surface area (Å²) in [6.45, 7) is 0. The van der Waals surface area contributed by atoms with Crippen molar-refractivity contribution >= 4 is 16.9 Å². The molecule has 144 valence electrons. The first-order valence-electron chi connectivity index (χ1n) is 9.14. The summed E-state index contributed by atoms with van der Waals surface area (Å²) < 4.78 is 22.7. The molecule has 0 N–H and O–H groups in total. The second kappa shape index (κ2) is 6.67. The van der Waals surface area contributed by atoms with Crippen LogP contribution in [0.4, 0.5) is 0 Å². The monoisotopic (exact) mass is 388 g/mol. The Balaban J connectivity index is 1.87. The minimum Gasteiger partial charge on any atom is -0.496 e. The van der Waals surface area contributed by atoms with Crippen LogP contribution in [-0.4, -0.2) is 13.1 Å². The molecule has 0 amide bonds. The van der Waals surface area contributed by atoms with Crippen LogP contribution < -0.4 is 14.9 Å². The number of carbonyl (C=O) groups is 1. The summed E-state index contributed by atoms with van der Waals surface area (Å²) in [5.41, 5.74) is 1.47. The number of esters is 1. The normalized spacial score (nSPS) is 15.8. The Morgan fingerprint density at radius 3 is 2.59 bits per heavy atom. The molecule has 2 aromatic carbocycles. The molecule has 1 unspecified atom stereocenters. The van der Waals surface area contributed by atoms with Gasteiger partial charge in [-0.3, -0.25) is 9.59 Å². The van der Waals surface area contributed by atoms with Crippen molar-refractivity contribution in [3.63, 3.8) is 0 Å². The number of benzene rings is 2. The van der Waals surface area contributed by atoms with Crippen LogP contribution >= 0.6 is 0 Å². The summed E-state index contributed by atoms with van der Waals surface area (Å²) in [7, 11) is 1.46. The number of hydrogen-bond donors (Lipinski definition) is 0. The summed E-state index contributed by atoms with van der Waals surface area (Å²) in [5, 5.41) is 0.306. The molecule has 1 atom stereocenters. The van der Waals surface area contributed by atoms with Gasteiger partial charge in [-0.05, 0) is 12.1 Å². The Hall–Kier alpha value is -3.80. The number of rotatable bonds is 3. The van der Waals surface area contributed by atoms with Gasteiger partial charge in [0.25, 0.3) is 0 Å². The maximum absolute atomic E-state index is 13.0. The average molecular weight is 388 g/mol. The minimum atomic E-state index is -0.427. The van der Waals surface area contributed by atoms with Gasteiger partial charge in [0.15, 0.2) is 5.43 Å². The molecule has 1 aliphatic rings. The van der Waals surface area contributed by atoms with E-state index in [-0.39, 0.29) is 17.8 Å². The van der Waals surface area contributed by atoms with Crippen LogP contribution in [0.1, 0.15) is 23.7 Å². The van der Waals surface area contributed by atoms with Gasteiger partial charge in [0.2, 0.25) is 0 Å². The van der Waals surface area contributed by atoms with E-state index in [2.05, 4.69) is 0 Å². The van der Waals surface area contributed by atoms with Gasteiger partial charge in [-0.2, -0.15) is 0 Å². The molecule has 6 nitrogen and oxygen atoms in total. The lowest BCUT2D eigenvalue weighted by Crippen LogP contribution is -2.22. The lowest BCUT2D eigenvalue weighted by molar-refractivity contribution is -0.135. The van der Waals surface area contributed by atoms with Crippen LogP contribution in [0.5, 0.6) is 11.5 Å². The molecule has 6 heteroatoms. The fraction of sp³-hybridized carbons (Fsp3) is 0.130. The van der Waals surface area contributed by atoms with Crippen LogP contribution in [-0.2, 0) is 4.79 Å². The number of hydrogen-bond acceptors (Lipinski definition) is 6. The average Bonchev–Trinajstić information content (AvgIpc) is 3.27. The van der Waals surface area contributed by atoms with Crippen LogP contribution in [0.3, 0.4) is 0 Å². The number of furan rings is 1. The van der Waals surface area contributed by atoms with Crippen molar-refractivity contribution in [3.8, 4) is 22.8 Å². The molecule has 0 saturated heterocycles. The van der Waals surface area contributed by atoms with Gasteiger partial charge in [0.1, 0.15) is 34.0 Å². The third-order valence-electron chi connectivity index (χ3n) is 5.07. The molecule has 3 heterocycles. The Bertz CT molecular complexity index is 1270. The summed E-state index contributed by atoms with van der Waals surface area (Å²) in [6.07, 6.45) is 1.63. The van der Waals surface area contributed by atoms with Crippen molar-refractivity contribution in [3.05, 3.63) is 82.4 Å². The topological polar surface area (TPSA) is 78.9 Å². The molecule has 2 aromatic heterocycles. The summed E-state index contributed by atoms with van der Waals surface area (Å²) in [6, 6.07) is 15.9. The number of carbonyl (C=O) groups excluding carboxylic acids is 1. The summed E-state index contributed by atoms with van der Waals surface area (Å²) in [5.74, 6) is 0.807. The Labute approximate surface area is 165 Å². The van der Waals surface area contributed by atoms with Gasteiger partial charge in [-0.15, -0.1) is 0 Å². The SMILES string of the molecule is COc1cc2c(c3oc(-c4ccccc4)cc(=O)c13)C(c1ccco1)CC(=O)O2. The van der Waals surface area contributed by atoms with E-state index in [0.717, 1.165) is 5.56 Å². The highest BCUT2D eigenvalue weighted by Gasteiger charge is 2.35. The minimum absolute atomic E-state index is 0.0845. The first-order chi connectivity index (χ1) is 14.2. The first kappa shape index (κ1) is 17.3. The predicted octanol–water partition coefficient (Wildman–Crippen LogP) is 4.50. The fourth-order valence-corrected chi connectivity index (χ4v) is 3.78. The van der Waals surface area contributed by atoms with E-state index in [1.54, 1.807) is 24.5 Å². The van der Waals surface area contributed by atoms with E-state index in [4.69, 9.17) is 18.3 Å². The van der Waals surface area contributed by atoms with Crippen LogP contribution in [0.15, 0.2) is 74.5 Å². The molecule has 0 bridgehead atoms. The third kappa shape index (κ3) is 2.81. The van der Waals surface area contributed by atoms with Crippen LogP contribution in [0.25, 0.3) is 22.3 Å². The van der Waals surface area contributed by atoms with Crippen molar-refractivity contribution in [2.24, 2.45) is 0 Å². The smallest absolute Gasteiger partial charge is 0.312 e. The molecule has 29 heavy (non-hydrogen) atoms. The highest BCUT2D eigenvalue weighted by atomic mass is 16.5. The van der Waals surface area contributed by atoms with E-state index in [9.17, 15) is 9.59 Å². The Morgan fingerprint density at radius 2 is 1.86 bits per heavy atom. The highest BCUT2D eigenvalue weighted by molar-refractivity contribution is 5.93. The van der Waals surface area contributed by atoms with Gasteiger partial charge in [-0.25, -0.2) is 0 Å². The van der Waals surface area contributed by atoms with Gasteiger partial charge >= 0.3 is 5.97 Å². The molecule has 0 radical (unpaired) electrons. The van der Waals surface area contributed by atoms with E-state index in [0.29, 0.717) is 39.6 Å².